The standard InChI is InChI=1S/C17H22ClN5/c1-19-17(22-15-4-2-3-5-15)20-10-13-11-21-23(12-13)16-8-6-14(18)7-9-16/h6-9,11-12,15H,2-5,10H2,1H3,(H2,19,20,22). The normalized spacial score (nSPS) is 15.8. The van der Waals surface area contributed by atoms with Crippen molar-refractivity contribution in [3.05, 3.63) is 47.2 Å². The van der Waals surface area contributed by atoms with E-state index in [1.807, 2.05) is 41.3 Å². The van der Waals surface area contributed by atoms with Crippen LogP contribution in [-0.4, -0.2) is 28.8 Å². The lowest BCUT2D eigenvalue weighted by Gasteiger charge is -2.16. The predicted octanol–water partition coefficient (Wildman–Crippen LogP) is 3.13. The van der Waals surface area contributed by atoms with Crippen molar-refractivity contribution in [3.8, 4) is 5.69 Å². The zero-order valence-electron chi connectivity index (χ0n) is 13.3. The van der Waals surface area contributed by atoms with Crippen molar-refractivity contribution in [3.63, 3.8) is 0 Å². The molecule has 0 amide bonds. The topological polar surface area (TPSA) is 54.2 Å². The van der Waals surface area contributed by atoms with E-state index in [1.165, 1.54) is 25.7 Å². The molecule has 122 valence electrons. The Balaban J connectivity index is 1.57. The summed E-state index contributed by atoms with van der Waals surface area (Å²) < 4.78 is 1.85. The van der Waals surface area contributed by atoms with Gasteiger partial charge in [-0.1, -0.05) is 24.4 Å². The van der Waals surface area contributed by atoms with E-state index in [-0.39, 0.29) is 0 Å². The molecule has 0 unspecified atom stereocenters. The fourth-order valence-corrected chi connectivity index (χ4v) is 2.96. The van der Waals surface area contributed by atoms with Gasteiger partial charge in [-0.25, -0.2) is 4.68 Å². The summed E-state index contributed by atoms with van der Waals surface area (Å²) in [6.45, 7) is 0.694. The van der Waals surface area contributed by atoms with Gasteiger partial charge in [-0.05, 0) is 37.1 Å². The molecule has 0 aliphatic heterocycles. The summed E-state index contributed by atoms with van der Waals surface area (Å²) in [6.07, 6.45) is 8.96. The third-order valence-electron chi connectivity index (χ3n) is 4.11. The zero-order valence-corrected chi connectivity index (χ0v) is 14.1. The van der Waals surface area contributed by atoms with Crippen LogP contribution in [0.3, 0.4) is 0 Å². The van der Waals surface area contributed by atoms with Gasteiger partial charge in [0.25, 0.3) is 0 Å². The molecule has 1 saturated carbocycles. The highest BCUT2D eigenvalue weighted by molar-refractivity contribution is 6.30. The molecular weight excluding hydrogens is 310 g/mol. The first kappa shape index (κ1) is 15.9. The van der Waals surface area contributed by atoms with E-state index in [0.29, 0.717) is 12.6 Å². The van der Waals surface area contributed by atoms with Crippen LogP contribution in [0.15, 0.2) is 41.7 Å². The fraction of sp³-hybridized carbons (Fsp3) is 0.412. The summed E-state index contributed by atoms with van der Waals surface area (Å²) in [5.41, 5.74) is 2.10. The van der Waals surface area contributed by atoms with E-state index in [9.17, 15) is 0 Å². The fourth-order valence-electron chi connectivity index (χ4n) is 2.83. The maximum absolute atomic E-state index is 5.91. The van der Waals surface area contributed by atoms with Gasteiger partial charge < -0.3 is 10.6 Å². The maximum Gasteiger partial charge on any atom is 0.191 e. The molecular formula is C17H22ClN5. The molecule has 5 nitrogen and oxygen atoms in total. The molecule has 0 radical (unpaired) electrons. The minimum absolute atomic E-state index is 0.554. The number of guanidine groups is 1. The SMILES string of the molecule is CN=C(NCc1cnn(-c2ccc(Cl)cc2)c1)NC1CCCC1. The maximum atomic E-state index is 5.91. The molecule has 3 rings (SSSR count). The van der Waals surface area contributed by atoms with Crippen LogP contribution in [0, 0.1) is 0 Å². The summed E-state index contributed by atoms with van der Waals surface area (Å²) in [4.78, 5) is 4.29. The van der Waals surface area contributed by atoms with Crippen LogP contribution in [0.2, 0.25) is 5.02 Å². The molecule has 1 aromatic carbocycles. The summed E-state index contributed by atoms with van der Waals surface area (Å²) >= 11 is 5.91. The Morgan fingerprint density at radius 3 is 2.74 bits per heavy atom. The molecule has 0 bridgehead atoms. The second-order valence-corrected chi connectivity index (χ2v) is 6.26. The van der Waals surface area contributed by atoms with Crippen molar-refractivity contribution < 1.29 is 0 Å². The molecule has 0 atom stereocenters. The predicted molar refractivity (Wildman–Crippen MR) is 94.2 cm³/mol. The Labute approximate surface area is 141 Å². The minimum Gasteiger partial charge on any atom is -0.354 e. The van der Waals surface area contributed by atoms with E-state index >= 15 is 0 Å². The van der Waals surface area contributed by atoms with E-state index in [1.54, 1.807) is 7.05 Å². The molecule has 0 spiro atoms. The third kappa shape index (κ3) is 4.26. The van der Waals surface area contributed by atoms with Crippen LogP contribution < -0.4 is 10.6 Å². The first-order valence-electron chi connectivity index (χ1n) is 8.01. The Bertz CT molecular complexity index is 656. The van der Waals surface area contributed by atoms with Crippen LogP contribution in [0.1, 0.15) is 31.2 Å². The molecule has 6 heteroatoms. The summed E-state index contributed by atoms with van der Waals surface area (Å²) in [5, 5.41) is 12.0. The number of aliphatic imine (C=N–C) groups is 1. The number of hydrogen-bond donors (Lipinski definition) is 2. The highest BCUT2D eigenvalue weighted by Crippen LogP contribution is 2.17. The summed E-state index contributed by atoms with van der Waals surface area (Å²) in [7, 11) is 1.81. The van der Waals surface area contributed by atoms with Gasteiger partial charge in [0, 0.05) is 36.4 Å². The molecule has 0 saturated heterocycles. The quantitative estimate of drug-likeness (QED) is 0.668. The van der Waals surface area contributed by atoms with Crippen LogP contribution in [0.25, 0.3) is 5.69 Å². The van der Waals surface area contributed by atoms with Crippen LogP contribution >= 0.6 is 11.6 Å². The van der Waals surface area contributed by atoms with Crippen molar-refractivity contribution in [2.75, 3.05) is 7.05 Å². The Hall–Kier alpha value is -2.01. The van der Waals surface area contributed by atoms with Gasteiger partial charge in [0.2, 0.25) is 0 Å². The Kier molecular flexibility index (Phi) is 5.18. The monoisotopic (exact) mass is 331 g/mol. The number of nitrogens with zero attached hydrogens (tertiary/aromatic N) is 3. The van der Waals surface area contributed by atoms with Gasteiger partial charge in [0.05, 0.1) is 11.9 Å². The van der Waals surface area contributed by atoms with Gasteiger partial charge in [-0.15, -0.1) is 0 Å². The van der Waals surface area contributed by atoms with E-state index in [2.05, 4.69) is 20.7 Å². The van der Waals surface area contributed by atoms with Crippen molar-refractivity contribution in [1.29, 1.82) is 0 Å². The molecule has 2 aromatic rings. The van der Waals surface area contributed by atoms with Gasteiger partial charge in [-0.2, -0.15) is 5.10 Å². The number of nitrogens with one attached hydrogen (secondary N) is 2. The largest absolute Gasteiger partial charge is 0.354 e. The molecule has 1 fully saturated rings. The Morgan fingerprint density at radius 2 is 2.04 bits per heavy atom. The molecule has 1 heterocycles. The molecule has 1 aliphatic carbocycles. The van der Waals surface area contributed by atoms with Crippen molar-refractivity contribution in [1.82, 2.24) is 20.4 Å². The third-order valence-corrected chi connectivity index (χ3v) is 4.36. The van der Waals surface area contributed by atoms with E-state index < -0.39 is 0 Å². The van der Waals surface area contributed by atoms with Crippen molar-refractivity contribution in [2.45, 2.75) is 38.3 Å². The summed E-state index contributed by atoms with van der Waals surface area (Å²) in [6, 6.07) is 8.19. The highest BCUT2D eigenvalue weighted by atomic mass is 35.5. The summed E-state index contributed by atoms with van der Waals surface area (Å²) in [5.74, 6) is 0.858. The lowest BCUT2D eigenvalue weighted by Crippen LogP contribution is -2.41. The Morgan fingerprint density at radius 1 is 1.30 bits per heavy atom. The lowest BCUT2D eigenvalue weighted by atomic mass is 10.2. The van der Waals surface area contributed by atoms with Gasteiger partial charge in [-0.3, -0.25) is 4.99 Å². The number of halogens is 1. The van der Waals surface area contributed by atoms with Crippen LogP contribution in [-0.2, 0) is 6.54 Å². The van der Waals surface area contributed by atoms with Crippen LogP contribution in [0.5, 0.6) is 0 Å². The van der Waals surface area contributed by atoms with E-state index in [0.717, 1.165) is 22.2 Å². The van der Waals surface area contributed by atoms with E-state index in [4.69, 9.17) is 11.6 Å². The van der Waals surface area contributed by atoms with Crippen LogP contribution in [0.4, 0.5) is 0 Å². The molecule has 1 aliphatic rings. The average Bonchev–Trinajstić information content (AvgIpc) is 3.24. The minimum atomic E-state index is 0.554. The van der Waals surface area contributed by atoms with Gasteiger partial charge in [0.1, 0.15) is 0 Å². The number of hydrogen-bond acceptors (Lipinski definition) is 2. The smallest absolute Gasteiger partial charge is 0.191 e. The van der Waals surface area contributed by atoms with Gasteiger partial charge >= 0.3 is 0 Å². The molecule has 23 heavy (non-hydrogen) atoms. The second kappa shape index (κ2) is 7.51. The van der Waals surface area contributed by atoms with Gasteiger partial charge in [0.15, 0.2) is 5.96 Å². The van der Waals surface area contributed by atoms with Crippen molar-refractivity contribution in [2.24, 2.45) is 4.99 Å². The first-order valence-corrected chi connectivity index (χ1v) is 8.39. The number of aromatic nitrogens is 2. The average molecular weight is 332 g/mol. The lowest BCUT2D eigenvalue weighted by molar-refractivity contribution is 0.613. The number of benzene rings is 1. The first-order chi connectivity index (χ1) is 11.2. The molecule has 2 N–H and O–H groups in total. The second-order valence-electron chi connectivity index (χ2n) is 5.82. The molecule has 1 aromatic heterocycles. The van der Waals surface area contributed by atoms with Crippen molar-refractivity contribution >= 4 is 17.6 Å². The number of rotatable bonds is 4. The zero-order chi connectivity index (χ0) is 16.1. The highest BCUT2D eigenvalue weighted by Gasteiger charge is 2.15.